The van der Waals surface area contributed by atoms with Crippen LogP contribution in [0.2, 0.25) is 5.02 Å². The van der Waals surface area contributed by atoms with E-state index >= 15 is 0 Å². The first-order valence-electron chi connectivity index (χ1n) is 5.54. The fraction of sp³-hybridized carbons (Fsp3) is 0.250. The number of aliphatic carboxylic acids is 1. The summed E-state index contributed by atoms with van der Waals surface area (Å²) in [5.41, 5.74) is 0.268. The van der Waals surface area contributed by atoms with Crippen LogP contribution < -0.4 is 10.6 Å². The first-order chi connectivity index (χ1) is 9.43. The Labute approximate surface area is 124 Å². The Balaban J connectivity index is 2.58. The largest absolute Gasteiger partial charge is 0.480 e. The molecular weight excluding hydrogens is 304 g/mol. The molecule has 0 radical (unpaired) electrons. The summed E-state index contributed by atoms with van der Waals surface area (Å²) in [6.07, 6.45) is 1.87. The maximum Gasteiger partial charge on any atom is 0.322 e. The van der Waals surface area contributed by atoms with Gasteiger partial charge in [0.2, 0.25) is 5.91 Å². The molecule has 2 amide bonds. The second-order valence-corrected chi connectivity index (χ2v) is 4.99. The number of amides is 2. The molecule has 1 aromatic rings. The molecule has 0 heterocycles. The predicted octanol–water partition coefficient (Wildman–Crippen LogP) is 0.993. The molecule has 3 N–H and O–H groups in total. The lowest BCUT2D eigenvalue weighted by Gasteiger charge is -2.08. The second-order valence-electron chi connectivity index (χ2n) is 3.70. The number of hydrogen-bond acceptors (Lipinski definition) is 4. The van der Waals surface area contributed by atoms with E-state index in [0.29, 0.717) is 0 Å². The third-order valence-electron chi connectivity index (χ3n) is 2.26. The van der Waals surface area contributed by atoms with Crippen molar-refractivity contribution < 1.29 is 19.5 Å². The van der Waals surface area contributed by atoms with Crippen molar-refractivity contribution in [1.82, 2.24) is 10.6 Å². The van der Waals surface area contributed by atoms with Crippen molar-refractivity contribution >= 4 is 41.1 Å². The molecule has 0 saturated heterocycles. The van der Waals surface area contributed by atoms with Crippen LogP contribution in [0.15, 0.2) is 23.1 Å². The van der Waals surface area contributed by atoms with E-state index in [9.17, 15) is 14.4 Å². The smallest absolute Gasteiger partial charge is 0.322 e. The Bertz CT molecular complexity index is 536. The lowest BCUT2D eigenvalue weighted by Crippen LogP contribution is -2.39. The predicted molar refractivity (Wildman–Crippen MR) is 76.2 cm³/mol. The molecule has 8 heteroatoms. The fourth-order valence-electron chi connectivity index (χ4n) is 1.30. The number of hydrogen-bond donors (Lipinski definition) is 3. The van der Waals surface area contributed by atoms with Crippen molar-refractivity contribution in [3.8, 4) is 0 Å². The summed E-state index contributed by atoms with van der Waals surface area (Å²) in [5.74, 6) is -2.23. The molecule has 0 aliphatic heterocycles. The van der Waals surface area contributed by atoms with Crippen molar-refractivity contribution in [3.63, 3.8) is 0 Å². The summed E-state index contributed by atoms with van der Waals surface area (Å²) in [7, 11) is 0. The van der Waals surface area contributed by atoms with Crippen LogP contribution in [0.5, 0.6) is 0 Å². The summed E-state index contributed by atoms with van der Waals surface area (Å²) in [5, 5.41) is 13.2. The highest BCUT2D eigenvalue weighted by Gasteiger charge is 2.12. The second kappa shape index (κ2) is 7.76. The number of rotatable bonds is 6. The van der Waals surface area contributed by atoms with Crippen molar-refractivity contribution in [3.05, 3.63) is 28.8 Å². The highest BCUT2D eigenvalue weighted by atomic mass is 35.5. The molecule has 108 valence electrons. The van der Waals surface area contributed by atoms with Gasteiger partial charge in [-0.25, -0.2) is 0 Å². The van der Waals surface area contributed by atoms with Gasteiger partial charge >= 0.3 is 5.97 Å². The van der Waals surface area contributed by atoms with Crippen LogP contribution in [0.4, 0.5) is 0 Å². The average molecular weight is 317 g/mol. The molecule has 0 aliphatic carbocycles. The van der Waals surface area contributed by atoms with Gasteiger partial charge in [-0.3, -0.25) is 14.4 Å². The Kier molecular flexibility index (Phi) is 6.33. The van der Waals surface area contributed by atoms with Crippen LogP contribution in [-0.4, -0.2) is 42.2 Å². The minimum atomic E-state index is -1.15. The molecule has 0 spiro atoms. The average Bonchev–Trinajstić information content (AvgIpc) is 2.43. The fourth-order valence-corrected chi connectivity index (χ4v) is 1.94. The van der Waals surface area contributed by atoms with Crippen LogP contribution >= 0.6 is 23.4 Å². The minimum absolute atomic E-state index is 0.268. The van der Waals surface area contributed by atoms with Gasteiger partial charge in [0.15, 0.2) is 0 Å². The van der Waals surface area contributed by atoms with Gasteiger partial charge in [0.25, 0.3) is 5.91 Å². The van der Waals surface area contributed by atoms with E-state index in [2.05, 4.69) is 10.6 Å². The van der Waals surface area contributed by atoms with Gasteiger partial charge in [-0.05, 0) is 24.5 Å². The van der Waals surface area contributed by atoms with E-state index in [4.69, 9.17) is 16.7 Å². The quantitative estimate of drug-likeness (QED) is 0.680. The lowest BCUT2D eigenvalue weighted by molar-refractivity contribution is -0.137. The number of carbonyl (C=O) groups excluding carboxylic acids is 2. The standard InChI is InChI=1S/C12H13ClN2O4S/c1-20-7-2-3-9(13)8(4-7)12(19)15-5-10(16)14-6-11(17)18/h2-4H,5-6H2,1H3,(H,14,16)(H,15,19)(H,17,18). The third kappa shape index (κ3) is 5.10. The highest BCUT2D eigenvalue weighted by molar-refractivity contribution is 7.98. The molecule has 0 bridgehead atoms. The van der Waals surface area contributed by atoms with E-state index < -0.39 is 24.3 Å². The van der Waals surface area contributed by atoms with Gasteiger partial charge in [0.05, 0.1) is 17.1 Å². The van der Waals surface area contributed by atoms with Gasteiger partial charge in [-0.15, -0.1) is 11.8 Å². The molecule has 0 atom stereocenters. The number of benzene rings is 1. The maximum atomic E-state index is 11.9. The van der Waals surface area contributed by atoms with Gasteiger partial charge in [0, 0.05) is 4.90 Å². The van der Waals surface area contributed by atoms with Gasteiger partial charge in [-0.1, -0.05) is 11.6 Å². The molecule has 6 nitrogen and oxygen atoms in total. The number of carbonyl (C=O) groups is 3. The monoisotopic (exact) mass is 316 g/mol. The van der Waals surface area contributed by atoms with Gasteiger partial charge in [0.1, 0.15) is 6.54 Å². The number of carboxylic acid groups (broad SMARTS) is 1. The molecule has 0 unspecified atom stereocenters. The summed E-state index contributed by atoms with van der Waals surface area (Å²) >= 11 is 7.38. The Morgan fingerprint density at radius 3 is 2.55 bits per heavy atom. The molecule has 1 aromatic carbocycles. The molecule has 0 aromatic heterocycles. The first kappa shape index (κ1) is 16.3. The Morgan fingerprint density at radius 1 is 1.25 bits per heavy atom. The van der Waals surface area contributed by atoms with Crippen LogP contribution in [0.25, 0.3) is 0 Å². The molecule has 20 heavy (non-hydrogen) atoms. The number of nitrogens with one attached hydrogen (secondary N) is 2. The van der Waals surface area contributed by atoms with Crippen LogP contribution in [0, 0.1) is 0 Å². The molecule has 0 saturated carbocycles. The van der Waals surface area contributed by atoms with Crippen LogP contribution in [-0.2, 0) is 9.59 Å². The number of carboxylic acids is 1. The number of thioether (sulfide) groups is 1. The van der Waals surface area contributed by atoms with Crippen LogP contribution in [0.3, 0.4) is 0 Å². The molecule has 0 fully saturated rings. The summed E-state index contributed by atoms with van der Waals surface area (Å²) in [4.78, 5) is 34.3. The zero-order chi connectivity index (χ0) is 15.1. The maximum absolute atomic E-state index is 11.9. The summed E-state index contributed by atoms with van der Waals surface area (Å²) < 4.78 is 0. The van der Waals surface area contributed by atoms with E-state index in [0.717, 1.165) is 4.90 Å². The van der Waals surface area contributed by atoms with Crippen molar-refractivity contribution in [1.29, 1.82) is 0 Å². The molecule has 0 aliphatic rings. The van der Waals surface area contributed by atoms with E-state index in [1.165, 1.54) is 11.8 Å². The van der Waals surface area contributed by atoms with E-state index in [-0.39, 0.29) is 17.1 Å². The molecule has 1 rings (SSSR count). The lowest BCUT2D eigenvalue weighted by atomic mass is 10.2. The highest BCUT2D eigenvalue weighted by Crippen LogP contribution is 2.22. The van der Waals surface area contributed by atoms with Crippen molar-refractivity contribution in [2.24, 2.45) is 0 Å². The van der Waals surface area contributed by atoms with E-state index in [1.807, 2.05) is 6.26 Å². The zero-order valence-electron chi connectivity index (χ0n) is 10.6. The SMILES string of the molecule is CSc1ccc(Cl)c(C(=O)NCC(=O)NCC(=O)O)c1. The topological polar surface area (TPSA) is 95.5 Å². The Morgan fingerprint density at radius 2 is 1.95 bits per heavy atom. The normalized spacial score (nSPS) is 9.90. The summed E-state index contributed by atoms with van der Waals surface area (Å²) in [6.45, 7) is -0.802. The van der Waals surface area contributed by atoms with Gasteiger partial charge in [-0.2, -0.15) is 0 Å². The van der Waals surface area contributed by atoms with Crippen LogP contribution in [0.1, 0.15) is 10.4 Å². The van der Waals surface area contributed by atoms with Gasteiger partial charge < -0.3 is 15.7 Å². The summed E-state index contributed by atoms with van der Waals surface area (Å²) in [6, 6.07) is 5.01. The minimum Gasteiger partial charge on any atom is -0.480 e. The Hall–Kier alpha value is -1.73. The molecular formula is C12H13ClN2O4S. The first-order valence-corrected chi connectivity index (χ1v) is 7.14. The van der Waals surface area contributed by atoms with Crippen molar-refractivity contribution in [2.75, 3.05) is 19.3 Å². The van der Waals surface area contributed by atoms with Crippen molar-refractivity contribution in [2.45, 2.75) is 4.90 Å². The number of halogens is 1. The van der Waals surface area contributed by atoms with E-state index in [1.54, 1.807) is 18.2 Å². The third-order valence-corrected chi connectivity index (χ3v) is 3.32. The zero-order valence-corrected chi connectivity index (χ0v) is 12.2.